The maximum atomic E-state index is 8.97. The molecular weight excluding hydrogens is 245 g/mol. The first-order valence-electron chi connectivity index (χ1n) is 3.70. The number of nitrogens with zero attached hydrogens (tertiary/aromatic N) is 1. The van der Waals surface area contributed by atoms with E-state index in [2.05, 4.69) is 4.98 Å². The first-order chi connectivity index (χ1) is 6.72. The van der Waals surface area contributed by atoms with Crippen molar-refractivity contribution < 1.29 is 9.52 Å². The zero-order chi connectivity index (χ0) is 10.1. The van der Waals surface area contributed by atoms with Gasteiger partial charge in [0.1, 0.15) is 10.0 Å². The minimum Gasteiger partial charge on any atom is -0.443 e. The molecule has 0 fully saturated rings. The maximum absolute atomic E-state index is 8.97. The second kappa shape index (κ2) is 3.90. The van der Waals surface area contributed by atoms with Crippen molar-refractivity contribution in [2.75, 3.05) is 0 Å². The molecule has 2 heterocycles. The molecule has 0 unspecified atom stereocenters. The quantitative estimate of drug-likeness (QED) is 0.890. The fourth-order valence-corrected chi connectivity index (χ4v) is 2.55. The Morgan fingerprint density at radius 2 is 2.29 bits per heavy atom. The molecule has 0 aliphatic carbocycles. The molecule has 0 atom stereocenters. The van der Waals surface area contributed by atoms with Gasteiger partial charge in [0.15, 0.2) is 12.2 Å². The lowest BCUT2D eigenvalue weighted by Crippen LogP contribution is -1.85. The normalized spacial score (nSPS) is 10.8. The Morgan fingerprint density at radius 3 is 2.86 bits per heavy atom. The van der Waals surface area contributed by atoms with Gasteiger partial charge in [-0.3, -0.25) is 0 Å². The molecule has 0 amide bonds. The third-order valence-electron chi connectivity index (χ3n) is 1.69. The predicted molar refractivity (Wildman–Crippen MR) is 55.8 cm³/mol. The van der Waals surface area contributed by atoms with Crippen LogP contribution in [0.1, 0.15) is 5.69 Å². The van der Waals surface area contributed by atoms with E-state index in [0.29, 0.717) is 25.7 Å². The Kier molecular flexibility index (Phi) is 2.78. The Labute approximate surface area is 93.9 Å². The molecule has 2 aromatic rings. The molecule has 1 N–H and O–H groups in total. The van der Waals surface area contributed by atoms with Crippen molar-refractivity contribution in [1.29, 1.82) is 0 Å². The summed E-state index contributed by atoms with van der Waals surface area (Å²) in [7, 11) is 0. The molecular formula is C8H5Cl2NO2S. The Morgan fingerprint density at radius 1 is 1.50 bits per heavy atom. The molecule has 2 rings (SSSR count). The SMILES string of the molecule is OCc1ncoc1-c1cc(Cl)sc1Cl. The molecule has 74 valence electrons. The molecule has 0 saturated heterocycles. The van der Waals surface area contributed by atoms with E-state index in [1.54, 1.807) is 6.07 Å². The maximum Gasteiger partial charge on any atom is 0.181 e. The highest BCUT2D eigenvalue weighted by Crippen LogP contribution is 2.39. The molecule has 6 heteroatoms. The van der Waals surface area contributed by atoms with Crippen LogP contribution in [0.15, 0.2) is 16.9 Å². The topological polar surface area (TPSA) is 46.3 Å². The number of halogens is 2. The van der Waals surface area contributed by atoms with E-state index in [-0.39, 0.29) is 6.61 Å². The van der Waals surface area contributed by atoms with E-state index >= 15 is 0 Å². The lowest BCUT2D eigenvalue weighted by molar-refractivity contribution is 0.277. The van der Waals surface area contributed by atoms with Gasteiger partial charge in [-0.05, 0) is 6.07 Å². The summed E-state index contributed by atoms with van der Waals surface area (Å²) in [6, 6.07) is 1.69. The van der Waals surface area contributed by atoms with Crippen molar-refractivity contribution in [3.05, 3.63) is 26.8 Å². The Balaban J connectivity index is 2.53. The zero-order valence-electron chi connectivity index (χ0n) is 6.83. The summed E-state index contributed by atoms with van der Waals surface area (Å²) >= 11 is 13.0. The molecule has 0 radical (unpaired) electrons. The highest BCUT2D eigenvalue weighted by atomic mass is 35.5. The smallest absolute Gasteiger partial charge is 0.181 e. The Hall–Kier alpha value is -0.550. The molecule has 3 nitrogen and oxygen atoms in total. The second-order valence-electron chi connectivity index (χ2n) is 2.52. The van der Waals surface area contributed by atoms with Crippen LogP contribution in [0.5, 0.6) is 0 Å². The van der Waals surface area contributed by atoms with Crippen molar-refractivity contribution in [3.63, 3.8) is 0 Å². The average molecular weight is 250 g/mol. The number of hydrogen-bond donors (Lipinski definition) is 1. The number of oxazole rings is 1. The van der Waals surface area contributed by atoms with Gasteiger partial charge in [-0.25, -0.2) is 4.98 Å². The predicted octanol–water partition coefficient (Wildman–Crippen LogP) is 3.20. The number of hydrogen-bond acceptors (Lipinski definition) is 4. The van der Waals surface area contributed by atoms with Crippen LogP contribution in [0.25, 0.3) is 11.3 Å². The minimum atomic E-state index is -0.185. The summed E-state index contributed by atoms with van der Waals surface area (Å²) in [5.74, 6) is 0.473. The van der Waals surface area contributed by atoms with Crippen LogP contribution in [0.2, 0.25) is 8.67 Å². The van der Waals surface area contributed by atoms with Gasteiger partial charge >= 0.3 is 0 Å². The molecule has 0 aliphatic rings. The van der Waals surface area contributed by atoms with Gasteiger partial charge in [-0.2, -0.15) is 0 Å². The number of aromatic nitrogens is 1. The lowest BCUT2D eigenvalue weighted by Gasteiger charge is -1.94. The summed E-state index contributed by atoms with van der Waals surface area (Å²) in [6.45, 7) is -0.185. The van der Waals surface area contributed by atoms with Gasteiger partial charge in [0.2, 0.25) is 0 Å². The van der Waals surface area contributed by atoms with Gasteiger partial charge in [-0.15, -0.1) is 11.3 Å². The van der Waals surface area contributed by atoms with Crippen molar-refractivity contribution in [1.82, 2.24) is 4.98 Å². The first kappa shape index (κ1) is 9.98. The van der Waals surface area contributed by atoms with E-state index in [0.717, 1.165) is 0 Å². The molecule has 0 bridgehead atoms. The highest BCUT2D eigenvalue weighted by Gasteiger charge is 2.15. The molecule has 0 saturated carbocycles. The molecule has 14 heavy (non-hydrogen) atoms. The van der Waals surface area contributed by atoms with Crippen molar-refractivity contribution in [3.8, 4) is 11.3 Å². The van der Waals surface area contributed by atoms with E-state index in [9.17, 15) is 0 Å². The summed E-state index contributed by atoms with van der Waals surface area (Å²) in [5.41, 5.74) is 1.13. The monoisotopic (exact) mass is 249 g/mol. The summed E-state index contributed by atoms with van der Waals surface area (Å²) in [4.78, 5) is 3.85. The Bertz CT molecular complexity index is 452. The van der Waals surface area contributed by atoms with E-state index in [1.165, 1.54) is 17.7 Å². The lowest BCUT2D eigenvalue weighted by atomic mass is 10.2. The number of aliphatic hydroxyl groups is 1. The van der Waals surface area contributed by atoms with Crippen LogP contribution in [0.4, 0.5) is 0 Å². The second-order valence-corrected chi connectivity index (χ2v) is 4.81. The first-order valence-corrected chi connectivity index (χ1v) is 5.28. The third-order valence-corrected chi connectivity index (χ3v) is 3.18. The zero-order valence-corrected chi connectivity index (χ0v) is 9.16. The van der Waals surface area contributed by atoms with Gasteiger partial charge in [-0.1, -0.05) is 23.2 Å². The number of thiophene rings is 1. The van der Waals surface area contributed by atoms with E-state index in [4.69, 9.17) is 32.7 Å². The van der Waals surface area contributed by atoms with Crippen LogP contribution < -0.4 is 0 Å². The largest absolute Gasteiger partial charge is 0.443 e. The third kappa shape index (κ3) is 1.66. The van der Waals surface area contributed by atoms with Crippen LogP contribution in [0, 0.1) is 0 Å². The summed E-state index contributed by atoms with van der Waals surface area (Å²) in [5, 5.41) is 8.97. The molecule has 0 aromatic carbocycles. The minimum absolute atomic E-state index is 0.185. The van der Waals surface area contributed by atoms with Crippen LogP contribution in [0.3, 0.4) is 0 Å². The van der Waals surface area contributed by atoms with Gasteiger partial charge in [0, 0.05) is 0 Å². The fourth-order valence-electron chi connectivity index (χ4n) is 1.10. The van der Waals surface area contributed by atoms with Crippen LogP contribution in [-0.2, 0) is 6.61 Å². The van der Waals surface area contributed by atoms with Crippen LogP contribution >= 0.6 is 34.5 Å². The van der Waals surface area contributed by atoms with Gasteiger partial charge in [0.25, 0.3) is 0 Å². The van der Waals surface area contributed by atoms with Crippen molar-refractivity contribution in [2.24, 2.45) is 0 Å². The summed E-state index contributed by atoms with van der Waals surface area (Å²) in [6.07, 6.45) is 1.27. The van der Waals surface area contributed by atoms with Gasteiger partial charge < -0.3 is 9.52 Å². The standard InChI is InChI=1S/C8H5Cl2NO2S/c9-6-1-4(8(10)14-6)7-5(2-12)11-3-13-7/h1,3,12H,2H2. The van der Waals surface area contributed by atoms with Crippen LogP contribution in [-0.4, -0.2) is 10.1 Å². The van der Waals surface area contributed by atoms with E-state index < -0.39 is 0 Å². The van der Waals surface area contributed by atoms with Crippen molar-refractivity contribution in [2.45, 2.75) is 6.61 Å². The molecule has 0 aliphatic heterocycles. The van der Waals surface area contributed by atoms with Crippen molar-refractivity contribution >= 4 is 34.5 Å². The fraction of sp³-hybridized carbons (Fsp3) is 0.125. The average Bonchev–Trinajstić information content (AvgIpc) is 2.71. The highest BCUT2D eigenvalue weighted by molar-refractivity contribution is 7.20. The van der Waals surface area contributed by atoms with Gasteiger partial charge in [0.05, 0.1) is 16.5 Å². The number of aliphatic hydroxyl groups excluding tert-OH is 1. The number of rotatable bonds is 2. The molecule has 0 spiro atoms. The molecule has 2 aromatic heterocycles. The summed E-state index contributed by atoms with van der Waals surface area (Å²) < 4.78 is 6.23. The van der Waals surface area contributed by atoms with E-state index in [1.807, 2.05) is 0 Å².